The van der Waals surface area contributed by atoms with Gasteiger partial charge in [0.2, 0.25) is 0 Å². The highest BCUT2D eigenvalue weighted by Gasteiger charge is 2.44. The molecular formula is C17H18O4S. The van der Waals surface area contributed by atoms with E-state index in [1.54, 1.807) is 55.5 Å². The van der Waals surface area contributed by atoms with Gasteiger partial charge in [-0.1, -0.05) is 35.9 Å². The Morgan fingerprint density at radius 1 is 1.05 bits per heavy atom. The molecule has 0 aliphatic carbocycles. The summed E-state index contributed by atoms with van der Waals surface area (Å²) in [6.45, 7) is 3.57. The van der Waals surface area contributed by atoms with Crippen molar-refractivity contribution in [2.75, 3.05) is 0 Å². The molecule has 0 unspecified atom stereocenters. The standard InChI is InChI=1S/C17H18O4S/c1-11-7-9-13(10-8-11)22(19,20)17-12(2)21-15-6-4-3-5-14(15)16(17)18/h3-10,12,16-18H,1-2H3/t12-,16+,17-/m0/s1. The van der Waals surface area contributed by atoms with Crippen molar-refractivity contribution in [2.24, 2.45) is 0 Å². The van der Waals surface area contributed by atoms with Gasteiger partial charge in [-0.2, -0.15) is 0 Å². The van der Waals surface area contributed by atoms with Crippen LogP contribution in [-0.4, -0.2) is 24.9 Å². The van der Waals surface area contributed by atoms with Crippen LogP contribution in [0.4, 0.5) is 0 Å². The number of sulfone groups is 1. The molecule has 0 bridgehead atoms. The van der Waals surface area contributed by atoms with Crippen LogP contribution in [0.25, 0.3) is 0 Å². The Hall–Kier alpha value is -1.85. The van der Waals surface area contributed by atoms with Gasteiger partial charge in [0.05, 0.1) is 4.90 Å². The van der Waals surface area contributed by atoms with Gasteiger partial charge in [0.15, 0.2) is 9.84 Å². The van der Waals surface area contributed by atoms with Crippen molar-refractivity contribution < 1.29 is 18.3 Å². The van der Waals surface area contributed by atoms with E-state index in [1.165, 1.54) is 0 Å². The van der Waals surface area contributed by atoms with E-state index < -0.39 is 27.3 Å². The number of hydrogen-bond acceptors (Lipinski definition) is 4. The highest BCUT2D eigenvalue weighted by molar-refractivity contribution is 7.92. The third-order valence-electron chi connectivity index (χ3n) is 4.03. The van der Waals surface area contributed by atoms with Gasteiger partial charge >= 0.3 is 0 Å². The molecule has 4 nitrogen and oxygen atoms in total. The topological polar surface area (TPSA) is 63.6 Å². The van der Waals surface area contributed by atoms with E-state index in [0.29, 0.717) is 11.3 Å². The van der Waals surface area contributed by atoms with E-state index in [9.17, 15) is 13.5 Å². The first-order chi connectivity index (χ1) is 10.4. The molecule has 0 aromatic heterocycles. The van der Waals surface area contributed by atoms with Gasteiger partial charge in [-0.05, 0) is 32.0 Å². The van der Waals surface area contributed by atoms with Crippen LogP contribution in [0.1, 0.15) is 24.2 Å². The van der Waals surface area contributed by atoms with Gasteiger partial charge in [-0.25, -0.2) is 8.42 Å². The smallest absolute Gasteiger partial charge is 0.187 e. The van der Waals surface area contributed by atoms with E-state index in [1.807, 2.05) is 6.92 Å². The fraction of sp³-hybridized carbons (Fsp3) is 0.294. The molecule has 0 spiro atoms. The van der Waals surface area contributed by atoms with E-state index >= 15 is 0 Å². The molecule has 0 amide bonds. The summed E-state index contributed by atoms with van der Waals surface area (Å²) >= 11 is 0. The predicted octanol–water partition coefficient (Wildman–Crippen LogP) is 2.65. The Balaban J connectivity index is 2.06. The summed E-state index contributed by atoms with van der Waals surface area (Å²) in [5, 5.41) is 9.56. The minimum atomic E-state index is -3.69. The van der Waals surface area contributed by atoms with Gasteiger partial charge in [-0.3, -0.25) is 0 Å². The summed E-state index contributed by atoms with van der Waals surface area (Å²) in [6.07, 6.45) is -1.73. The van der Waals surface area contributed by atoms with Crippen molar-refractivity contribution in [3.63, 3.8) is 0 Å². The lowest BCUT2D eigenvalue weighted by Crippen LogP contribution is -2.44. The predicted molar refractivity (Wildman–Crippen MR) is 83.6 cm³/mol. The SMILES string of the molecule is Cc1ccc(S(=O)(=O)[C@H]2[C@H](C)Oc3ccccc3[C@H]2O)cc1. The van der Waals surface area contributed by atoms with Crippen LogP contribution in [0.15, 0.2) is 53.4 Å². The third-order valence-corrected chi connectivity index (χ3v) is 6.32. The fourth-order valence-electron chi connectivity index (χ4n) is 2.84. The molecule has 22 heavy (non-hydrogen) atoms. The summed E-state index contributed by atoms with van der Waals surface area (Å²) < 4.78 is 31.5. The van der Waals surface area contributed by atoms with Crippen LogP contribution >= 0.6 is 0 Å². The molecule has 0 radical (unpaired) electrons. The molecule has 2 aromatic carbocycles. The number of ether oxygens (including phenoxy) is 1. The molecule has 1 aliphatic heterocycles. The molecule has 3 rings (SSSR count). The van der Waals surface area contributed by atoms with Crippen LogP contribution < -0.4 is 4.74 Å². The molecule has 2 aromatic rings. The molecule has 5 heteroatoms. The first kappa shape index (κ1) is 15.1. The number of fused-ring (bicyclic) bond motifs is 1. The second-order valence-electron chi connectivity index (χ2n) is 5.63. The summed E-state index contributed by atoms with van der Waals surface area (Å²) in [5.41, 5.74) is 1.50. The van der Waals surface area contributed by atoms with Crippen molar-refractivity contribution in [1.29, 1.82) is 0 Å². The molecule has 3 atom stereocenters. The average molecular weight is 318 g/mol. The van der Waals surface area contributed by atoms with E-state index in [0.717, 1.165) is 5.56 Å². The van der Waals surface area contributed by atoms with E-state index in [4.69, 9.17) is 4.74 Å². The Kier molecular flexibility index (Phi) is 3.70. The summed E-state index contributed by atoms with van der Waals surface area (Å²) in [6, 6.07) is 13.6. The summed E-state index contributed by atoms with van der Waals surface area (Å²) in [4.78, 5) is 0.206. The Bertz CT molecular complexity index is 781. The van der Waals surface area contributed by atoms with Crippen molar-refractivity contribution in [1.82, 2.24) is 0 Å². The first-order valence-corrected chi connectivity index (χ1v) is 8.70. The average Bonchev–Trinajstić information content (AvgIpc) is 2.47. The fourth-order valence-corrected chi connectivity index (χ4v) is 4.72. The number of aliphatic hydroxyl groups is 1. The van der Waals surface area contributed by atoms with Crippen molar-refractivity contribution in [3.05, 3.63) is 59.7 Å². The maximum absolute atomic E-state index is 12.9. The van der Waals surface area contributed by atoms with Crippen molar-refractivity contribution in [2.45, 2.75) is 36.2 Å². The zero-order chi connectivity index (χ0) is 15.9. The number of rotatable bonds is 2. The first-order valence-electron chi connectivity index (χ1n) is 7.15. The summed E-state index contributed by atoms with van der Waals surface area (Å²) in [5.74, 6) is 0.540. The second-order valence-corrected chi connectivity index (χ2v) is 7.73. The van der Waals surface area contributed by atoms with Crippen molar-refractivity contribution >= 4 is 9.84 Å². The van der Waals surface area contributed by atoms with Crippen LogP contribution in [-0.2, 0) is 9.84 Å². The van der Waals surface area contributed by atoms with E-state index in [-0.39, 0.29) is 4.90 Å². The minimum Gasteiger partial charge on any atom is -0.489 e. The van der Waals surface area contributed by atoms with Crippen LogP contribution in [0.5, 0.6) is 5.75 Å². The van der Waals surface area contributed by atoms with Gasteiger partial charge in [0.25, 0.3) is 0 Å². The monoisotopic (exact) mass is 318 g/mol. The van der Waals surface area contributed by atoms with Crippen molar-refractivity contribution in [3.8, 4) is 5.75 Å². The Labute approximate surface area is 130 Å². The quantitative estimate of drug-likeness (QED) is 0.924. The lowest BCUT2D eigenvalue weighted by atomic mass is 9.99. The Morgan fingerprint density at radius 3 is 2.36 bits per heavy atom. The highest BCUT2D eigenvalue weighted by Crippen LogP contribution is 2.39. The molecule has 1 N–H and O–H groups in total. The lowest BCUT2D eigenvalue weighted by Gasteiger charge is -2.35. The van der Waals surface area contributed by atoms with Crippen LogP contribution in [0.3, 0.4) is 0 Å². The Morgan fingerprint density at radius 2 is 1.68 bits per heavy atom. The maximum Gasteiger partial charge on any atom is 0.187 e. The summed E-state index contributed by atoms with van der Waals surface area (Å²) in [7, 11) is -3.69. The normalized spacial score (nSPS) is 24.4. The molecule has 0 fully saturated rings. The third kappa shape index (κ3) is 2.40. The zero-order valence-corrected chi connectivity index (χ0v) is 13.2. The number of hydrogen-bond donors (Lipinski definition) is 1. The van der Waals surface area contributed by atoms with Gasteiger partial charge in [0, 0.05) is 5.56 Å². The number of para-hydroxylation sites is 1. The number of aryl methyl sites for hydroxylation is 1. The lowest BCUT2D eigenvalue weighted by molar-refractivity contribution is 0.0792. The van der Waals surface area contributed by atoms with Gasteiger partial charge in [0.1, 0.15) is 23.2 Å². The van der Waals surface area contributed by atoms with E-state index in [2.05, 4.69) is 0 Å². The highest BCUT2D eigenvalue weighted by atomic mass is 32.2. The number of aliphatic hydroxyl groups excluding tert-OH is 1. The van der Waals surface area contributed by atoms with Gasteiger partial charge < -0.3 is 9.84 Å². The maximum atomic E-state index is 12.9. The van der Waals surface area contributed by atoms with Gasteiger partial charge in [-0.15, -0.1) is 0 Å². The van der Waals surface area contributed by atoms with Crippen LogP contribution in [0, 0.1) is 6.92 Å². The molecular weight excluding hydrogens is 300 g/mol. The number of benzene rings is 2. The molecule has 1 heterocycles. The molecule has 0 saturated carbocycles. The van der Waals surface area contributed by atoms with Crippen LogP contribution in [0.2, 0.25) is 0 Å². The minimum absolute atomic E-state index is 0.206. The second kappa shape index (κ2) is 5.41. The molecule has 0 saturated heterocycles. The zero-order valence-electron chi connectivity index (χ0n) is 12.4. The molecule has 1 aliphatic rings. The largest absolute Gasteiger partial charge is 0.489 e. The molecule has 116 valence electrons.